The molecule has 0 heterocycles. The van der Waals surface area contributed by atoms with Crippen molar-refractivity contribution in [1.29, 1.82) is 5.26 Å². The van der Waals surface area contributed by atoms with E-state index in [-0.39, 0.29) is 19.1 Å². The summed E-state index contributed by atoms with van der Waals surface area (Å²) in [6.45, 7) is 3.29. The molecule has 1 rings (SSSR count). The largest absolute Gasteiger partial charge is 0.491 e. The number of aliphatic hydroxyl groups is 1. The number of nitrogens with one attached hydrogen (secondary N) is 1. The third kappa shape index (κ3) is 6.25. The summed E-state index contributed by atoms with van der Waals surface area (Å²) in [5.41, 5.74) is 0.511. The van der Waals surface area contributed by atoms with Crippen LogP contribution in [0, 0.1) is 11.3 Å². The van der Waals surface area contributed by atoms with E-state index in [1.54, 1.807) is 31.3 Å². The van der Waals surface area contributed by atoms with Crippen molar-refractivity contribution in [2.75, 3.05) is 33.3 Å². The lowest BCUT2D eigenvalue weighted by Crippen LogP contribution is -2.41. The molecule has 0 spiro atoms. The first-order valence-corrected chi connectivity index (χ1v) is 6.83. The SMILES string of the molecule is CCN(CC(=O)NC)CC(O)COc1cccc(C#N)c1. The molecule has 1 aromatic rings. The normalized spacial score (nSPS) is 11.8. The Balaban J connectivity index is 2.43. The van der Waals surface area contributed by atoms with Crippen molar-refractivity contribution in [2.24, 2.45) is 0 Å². The highest BCUT2D eigenvalue weighted by atomic mass is 16.5. The second-order valence-electron chi connectivity index (χ2n) is 4.61. The van der Waals surface area contributed by atoms with Crippen LogP contribution in [-0.4, -0.2) is 55.3 Å². The number of nitrogens with zero attached hydrogens (tertiary/aromatic N) is 2. The van der Waals surface area contributed by atoms with Crippen LogP contribution in [0.4, 0.5) is 0 Å². The van der Waals surface area contributed by atoms with Gasteiger partial charge in [-0.15, -0.1) is 0 Å². The Labute approximate surface area is 124 Å². The number of likely N-dealkylation sites (N-methyl/N-ethyl adjacent to an activating group) is 2. The number of hydrogen-bond donors (Lipinski definition) is 2. The summed E-state index contributed by atoms with van der Waals surface area (Å²) in [5.74, 6) is 0.453. The van der Waals surface area contributed by atoms with Gasteiger partial charge >= 0.3 is 0 Å². The van der Waals surface area contributed by atoms with Gasteiger partial charge in [0, 0.05) is 13.6 Å². The number of carbonyl (C=O) groups is 1. The molecular weight excluding hydrogens is 270 g/mol. The third-order valence-corrected chi connectivity index (χ3v) is 2.97. The zero-order valence-corrected chi connectivity index (χ0v) is 12.4. The smallest absolute Gasteiger partial charge is 0.233 e. The van der Waals surface area contributed by atoms with Gasteiger partial charge in [0.25, 0.3) is 0 Å². The van der Waals surface area contributed by atoms with E-state index in [2.05, 4.69) is 5.32 Å². The monoisotopic (exact) mass is 291 g/mol. The average molecular weight is 291 g/mol. The zero-order chi connectivity index (χ0) is 15.7. The molecule has 0 fully saturated rings. The van der Waals surface area contributed by atoms with Gasteiger partial charge in [-0.05, 0) is 24.7 Å². The van der Waals surface area contributed by atoms with Gasteiger partial charge < -0.3 is 15.2 Å². The van der Waals surface area contributed by atoms with Gasteiger partial charge in [0.15, 0.2) is 0 Å². The molecule has 21 heavy (non-hydrogen) atoms. The summed E-state index contributed by atoms with van der Waals surface area (Å²) < 4.78 is 5.46. The first-order valence-electron chi connectivity index (χ1n) is 6.83. The average Bonchev–Trinajstić information content (AvgIpc) is 2.52. The minimum Gasteiger partial charge on any atom is -0.491 e. The van der Waals surface area contributed by atoms with E-state index >= 15 is 0 Å². The number of amides is 1. The van der Waals surface area contributed by atoms with Crippen LogP contribution in [0.25, 0.3) is 0 Å². The highest BCUT2D eigenvalue weighted by molar-refractivity contribution is 5.77. The van der Waals surface area contributed by atoms with Gasteiger partial charge in [-0.2, -0.15) is 5.26 Å². The minimum absolute atomic E-state index is 0.0910. The maximum absolute atomic E-state index is 11.3. The summed E-state index contributed by atoms with van der Waals surface area (Å²) in [6, 6.07) is 8.79. The Bertz CT molecular complexity index is 499. The Morgan fingerprint density at radius 1 is 1.57 bits per heavy atom. The van der Waals surface area contributed by atoms with Gasteiger partial charge in [-0.25, -0.2) is 0 Å². The second-order valence-corrected chi connectivity index (χ2v) is 4.61. The Morgan fingerprint density at radius 3 is 2.95 bits per heavy atom. The van der Waals surface area contributed by atoms with Crippen LogP contribution in [0.3, 0.4) is 0 Å². The van der Waals surface area contributed by atoms with Crippen LogP contribution in [0.1, 0.15) is 12.5 Å². The number of nitriles is 1. The van der Waals surface area contributed by atoms with Gasteiger partial charge in [0.1, 0.15) is 18.5 Å². The molecule has 0 aliphatic rings. The molecule has 0 saturated heterocycles. The summed E-state index contributed by atoms with van der Waals surface area (Å²) >= 11 is 0. The highest BCUT2D eigenvalue weighted by Gasteiger charge is 2.13. The molecule has 1 amide bonds. The first-order chi connectivity index (χ1) is 10.1. The molecule has 6 nitrogen and oxygen atoms in total. The fourth-order valence-corrected chi connectivity index (χ4v) is 1.79. The molecule has 114 valence electrons. The van der Waals surface area contributed by atoms with Crippen molar-refractivity contribution >= 4 is 5.91 Å². The van der Waals surface area contributed by atoms with E-state index in [1.165, 1.54) is 0 Å². The predicted octanol–water partition coefficient (Wildman–Crippen LogP) is 0.366. The summed E-state index contributed by atoms with van der Waals surface area (Å²) in [7, 11) is 1.58. The number of aliphatic hydroxyl groups excluding tert-OH is 1. The number of benzene rings is 1. The number of carbonyl (C=O) groups excluding carboxylic acids is 1. The molecule has 1 atom stereocenters. The van der Waals surface area contributed by atoms with E-state index < -0.39 is 6.10 Å². The summed E-state index contributed by atoms with van der Waals surface area (Å²) in [4.78, 5) is 13.1. The van der Waals surface area contributed by atoms with E-state index in [0.717, 1.165) is 0 Å². The topological polar surface area (TPSA) is 85.6 Å². The Hall–Kier alpha value is -2.10. The van der Waals surface area contributed by atoms with Crippen molar-refractivity contribution < 1.29 is 14.6 Å². The Kier molecular flexibility index (Phi) is 7.23. The fraction of sp³-hybridized carbons (Fsp3) is 0.467. The van der Waals surface area contributed by atoms with Crippen LogP contribution in [-0.2, 0) is 4.79 Å². The number of ether oxygens (including phenoxy) is 1. The highest BCUT2D eigenvalue weighted by Crippen LogP contribution is 2.12. The number of hydrogen-bond acceptors (Lipinski definition) is 5. The zero-order valence-electron chi connectivity index (χ0n) is 12.4. The van der Waals surface area contributed by atoms with Crippen molar-refractivity contribution in [3.8, 4) is 11.8 Å². The molecule has 0 aliphatic carbocycles. The molecule has 0 aliphatic heterocycles. The van der Waals surface area contributed by atoms with Gasteiger partial charge in [-0.1, -0.05) is 13.0 Å². The molecule has 0 radical (unpaired) electrons. The molecule has 0 aromatic heterocycles. The minimum atomic E-state index is -0.708. The molecule has 0 saturated carbocycles. The summed E-state index contributed by atoms with van der Waals surface area (Å²) in [6.07, 6.45) is -0.708. The lowest BCUT2D eigenvalue weighted by atomic mass is 10.2. The predicted molar refractivity (Wildman–Crippen MR) is 78.8 cm³/mol. The molecule has 1 unspecified atom stereocenters. The third-order valence-electron chi connectivity index (χ3n) is 2.97. The van der Waals surface area contributed by atoms with Crippen molar-refractivity contribution in [3.63, 3.8) is 0 Å². The van der Waals surface area contributed by atoms with E-state index in [4.69, 9.17) is 10.00 Å². The van der Waals surface area contributed by atoms with E-state index in [9.17, 15) is 9.90 Å². The van der Waals surface area contributed by atoms with Crippen LogP contribution < -0.4 is 10.1 Å². The van der Waals surface area contributed by atoms with Crippen LogP contribution in [0.5, 0.6) is 5.75 Å². The lowest BCUT2D eigenvalue weighted by molar-refractivity contribution is -0.122. The molecule has 0 bridgehead atoms. The standard InChI is InChI=1S/C15H21N3O3/c1-3-18(10-15(20)17-2)9-13(19)11-21-14-6-4-5-12(7-14)8-16/h4-7,13,19H,3,9-11H2,1-2H3,(H,17,20). The molecule has 6 heteroatoms. The van der Waals surface area contributed by atoms with Gasteiger partial charge in [-0.3, -0.25) is 9.69 Å². The van der Waals surface area contributed by atoms with Crippen molar-refractivity contribution in [2.45, 2.75) is 13.0 Å². The Morgan fingerprint density at radius 2 is 2.33 bits per heavy atom. The maximum Gasteiger partial charge on any atom is 0.233 e. The van der Waals surface area contributed by atoms with E-state index in [0.29, 0.717) is 24.4 Å². The van der Waals surface area contributed by atoms with E-state index in [1.807, 2.05) is 17.9 Å². The summed E-state index contributed by atoms with van der Waals surface area (Å²) in [5, 5.41) is 21.3. The van der Waals surface area contributed by atoms with Crippen LogP contribution in [0.15, 0.2) is 24.3 Å². The van der Waals surface area contributed by atoms with Gasteiger partial charge in [0.2, 0.25) is 5.91 Å². The molecule has 1 aromatic carbocycles. The maximum atomic E-state index is 11.3. The van der Waals surface area contributed by atoms with Gasteiger partial charge in [0.05, 0.1) is 18.2 Å². The second kappa shape index (κ2) is 8.95. The van der Waals surface area contributed by atoms with Crippen molar-refractivity contribution in [3.05, 3.63) is 29.8 Å². The van der Waals surface area contributed by atoms with Crippen LogP contribution in [0.2, 0.25) is 0 Å². The molecular formula is C15H21N3O3. The van der Waals surface area contributed by atoms with Crippen LogP contribution >= 0.6 is 0 Å². The number of rotatable bonds is 8. The first kappa shape index (κ1) is 17.0. The quantitative estimate of drug-likeness (QED) is 0.722. The lowest BCUT2D eigenvalue weighted by Gasteiger charge is -2.22. The van der Waals surface area contributed by atoms with Crippen molar-refractivity contribution in [1.82, 2.24) is 10.2 Å². The fourth-order valence-electron chi connectivity index (χ4n) is 1.79. The molecule has 2 N–H and O–H groups in total.